The molecule has 4 nitrogen and oxygen atoms in total. The number of aromatic nitrogens is 2. The molecule has 0 aliphatic carbocycles. The van der Waals surface area contributed by atoms with Crippen molar-refractivity contribution >= 4 is 65.6 Å². The van der Waals surface area contributed by atoms with Crippen molar-refractivity contribution in [3.05, 3.63) is 200 Å². The highest BCUT2D eigenvalue weighted by Crippen LogP contribution is 2.42. The van der Waals surface area contributed by atoms with Gasteiger partial charge in [-0.3, -0.25) is 0 Å². The van der Waals surface area contributed by atoms with E-state index in [-0.39, 0.29) is 5.75 Å². The molecule has 0 atom stereocenters. The first-order valence-electron chi connectivity index (χ1n) is 19.6. The third kappa shape index (κ3) is 4.88. The summed E-state index contributed by atoms with van der Waals surface area (Å²) in [6.07, 6.45) is 0. The van der Waals surface area contributed by atoms with Gasteiger partial charge in [0.2, 0.25) is 0 Å². The highest BCUT2D eigenvalue weighted by molar-refractivity contribution is 6.24. The first-order chi connectivity index (χ1) is 28.7. The lowest BCUT2D eigenvalue weighted by molar-refractivity contribution is 0.477. The maximum Gasteiger partial charge on any atom is 0.145 e. The van der Waals surface area contributed by atoms with Gasteiger partial charge in [0.1, 0.15) is 16.9 Å². The number of benzene rings is 9. The van der Waals surface area contributed by atoms with Crippen molar-refractivity contribution in [1.29, 1.82) is 0 Å². The molecule has 0 unspecified atom stereocenters. The molecule has 0 radical (unpaired) electrons. The Labute approximate surface area is 333 Å². The summed E-state index contributed by atoms with van der Waals surface area (Å²) in [7, 11) is 0. The smallest absolute Gasteiger partial charge is 0.145 e. The summed E-state index contributed by atoms with van der Waals surface area (Å²) < 4.78 is 11.5. The first kappa shape index (κ1) is 32.4. The van der Waals surface area contributed by atoms with Crippen molar-refractivity contribution in [2.24, 2.45) is 0 Å². The lowest BCUT2D eigenvalue weighted by Crippen LogP contribution is -1.94. The van der Waals surface area contributed by atoms with Crippen LogP contribution in [0.1, 0.15) is 0 Å². The summed E-state index contributed by atoms with van der Waals surface area (Å²) in [4.78, 5) is 0. The van der Waals surface area contributed by atoms with Gasteiger partial charge in [-0.25, -0.2) is 0 Å². The van der Waals surface area contributed by atoms with Crippen LogP contribution in [0.2, 0.25) is 0 Å². The van der Waals surface area contributed by atoms with Crippen molar-refractivity contribution < 1.29 is 9.52 Å². The Hall–Kier alpha value is -7.82. The van der Waals surface area contributed by atoms with Crippen LogP contribution < -0.4 is 0 Å². The predicted octanol–water partition coefficient (Wildman–Crippen LogP) is 14.5. The second-order valence-corrected chi connectivity index (χ2v) is 15.1. The minimum absolute atomic E-state index is 0.272. The van der Waals surface area contributed by atoms with Gasteiger partial charge in [-0.1, -0.05) is 121 Å². The standard InChI is InChI=1S/C54H34N2O2/c57-51-28-24-38(32-45(51)34-12-2-1-3-13-34)36-15-10-14-35(30-36)37-16-11-17-39(31-37)56-49-23-9-6-20-44(49)53-50(56)27-26-43-46-33-40(25-29-52(46)58-54(43)53)55-47-21-7-4-18-41(47)42-19-5-8-22-48(42)55/h1-33,57H. The number of hydrogen-bond acceptors (Lipinski definition) is 2. The van der Waals surface area contributed by atoms with Gasteiger partial charge in [-0.2, -0.15) is 0 Å². The summed E-state index contributed by atoms with van der Waals surface area (Å²) in [6.45, 7) is 0. The van der Waals surface area contributed by atoms with Gasteiger partial charge in [-0.05, 0) is 107 Å². The first-order valence-corrected chi connectivity index (χ1v) is 19.6. The Morgan fingerprint density at radius 3 is 1.66 bits per heavy atom. The molecule has 58 heavy (non-hydrogen) atoms. The molecular weight excluding hydrogens is 709 g/mol. The fourth-order valence-corrected chi connectivity index (χ4v) is 9.16. The summed E-state index contributed by atoms with van der Waals surface area (Å²) in [5.74, 6) is 0.272. The average Bonchev–Trinajstić information content (AvgIpc) is 3.94. The van der Waals surface area contributed by atoms with Crippen LogP contribution in [0.4, 0.5) is 0 Å². The largest absolute Gasteiger partial charge is 0.507 e. The van der Waals surface area contributed by atoms with Crippen LogP contribution in [0.25, 0.3) is 110 Å². The van der Waals surface area contributed by atoms with E-state index in [2.05, 4.69) is 167 Å². The number of phenolic OH excluding ortho intramolecular Hbond substituents is 1. The maximum atomic E-state index is 10.7. The number of aromatic hydroxyl groups is 1. The Kier molecular flexibility index (Phi) is 7.05. The molecule has 9 aromatic carbocycles. The van der Waals surface area contributed by atoms with Gasteiger partial charge in [0.25, 0.3) is 0 Å². The highest BCUT2D eigenvalue weighted by atomic mass is 16.3. The minimum Gasteiger partial charge on any atom is -0.507 e. The van der Waals surface area contributed by atoms with Crippen molar-refractivity contribution in [3.63, 3.8) is 0 Å². The van der Waals surface area contributed by atoms with E-state index >= 15 is 0 Å². The van der Waals surface area contributed by atoms with Gasteiger partial charge in [0.05, 0.1) is 27.5 Å². The van der Waals surface area contributed by atoms with E-state index in [1.807, 2.05) is 36.4 Å². The summed E-state index contributed by atoms with van der Waals surface area (Å²) in [5, 5.41) is 17.7. The van der Waals surface area contributed by atoms with Crippen molar-refractivity contribution in [2.45, 2.75) is 0 Å². The molecule has 12 aromatic rings. The van der Waals surface area contributed by atoms with Crippen LogP contribution >= 0.6 is 0 Å². The quantitative estimate of drug-likeness (QED) is 0.191. The highest BCUT2D eigenvalue weighted by Gasteiger charge is 2.20. The zero-order chi connectivity index (χ0) is 38.3. The Morgan fingerprint density at radius 1 is 0.345 bits per heavy atom. The number of para-hydroxylation sites is 3. The molecule has 0 saturated heterocycles. The predicted molar refractivity (Wildman–Crippen MR) is 240 cm³/mol. The number of nitrogens with zero attached hydrogens (tertiary/aromatic N) is 2. The van der Waals surface area contributed by atoms with Gasteiger partial charge >= 0.3 is 0 Å². The maximum absolute atomic E-state index is 10.7. The third-order valence-electron chi connectivity index (χ3n) is 11.8. The molecule has 0 amide bonds. The zero-order valence-electron chi connectivity index (χ0n) is 31.3. The van der Waals surface area contributed by atoms with Crippen LogP contribution in [0.5, 0.6) is 5.75 Å². The molecule has 12 rings (SSSR count). The van der Waals surface area contributed by atoms with Crippen molar-refractivity contribution in [2.75, 3.05) is 0 Å². The van der Waals surface area contributed by atoms with E-state index in [1.165, 1.54) is 21.8 Å². The Morgan fingerprint density at radius 2 is 0.914 bits per heavy atom. The minimum atomic E-state index is 0.272. The second kappa shape index (κ2) is 12.6. The van der Waals surface area contributed by atoms with E-state index in [9.17, 15) is 5.11 Å². The molecule has 272 valence electrons. The van der Waals surface area contributed by atoms with Gasteiger partial charge in [-0.15, -0.1) is 0 Å². The topological polar surface area (TPSA) is 43.2 Å². The van der Waals surface area contributed by atoms with Gasteiger partial charge in [0.15, 0.2) is 0 Å². The number of hydrogen-bond donors (Lipinski definition) is 1. The zero-order valence-corrected chi connectivity index (χ0v) is 31.3. The van der Waals surface area contributed by atoms with E-state index in [1.54, 1.807) is 6.07 Å². The molecule has 0 spiro atoms. The van der Waals surface area contributed by atoms with E-state index < -0.39 is 0 Å². The Bertz CT molecular complexity index is 3530. The lowest BCUT2D eigenvalue weighted by atomic mass is 9.95. The average molecular weight is 743 g/mol. The summed E-state index contributed by atoms with van der Waals surface area (Å²) in [6, 6.07) is 70.3. The molecule has 0 fully saturated rings. The van der Waals surface area contributed by atoms with Gasteiger partial charge in [0, 0.05) is 43.9 Å². The van der Waals surface area contributed by atoms with Crippen LogP contribution in [0, 0.1) is 0 Å². The molecule has 0 aliphatic heterocycles. The van der Waals surface area contributed by atoms with E-state index in [0.717, 1.165) is 88.5 Å². The second-order valence-electron chi connectivity index (χ2n) is 15.1. The SMILES string of the molecule is Oc1ccc(-c2cccc(-c3cccc(-n4c5ccccc5c5c6oc7ccc(-n8c9ccccc9c9ccccc98)cc7c6ccc54)c3)c2)cc1-c1ccccc1. The molecule has 0 aliphatic rings. The molecule has 3 heterocycles. The fourth-order valence-electron chi connectivity index (χ4n) is 9.16. The van der Waals surface area contributed by atoms with E-state index in [0.29, 0.717) is 0 Å². The van der Waals surface area contributed by atoms with Gasteiger partial charge < -0.3 is 18.7 Å². The van der Waals surface area contributed by atoms with E-state index in [4.69, 9.17) is 4.42 Å². The normalized spacial score (nSPS) is 11.9. The fraction of sp³-hybridized carbons (Fsp3) is 0. The van der Waals surface area contributed by atoms with Crippen molar-refractivity contribution in [3.8, 4) is 50.5 Å². The monoisotopic (exact) mass is 742 g/mol. The van der Waals surface area contributed by atoms with Crippen LogP contribution in [0.15, 0.2) is 205 Å². The molecular formula is C54H34N2O2. The number of phenols is 1. The summed E-state index contributed by atoms with van der Waals surface area (Å²) in [5.41, 5.74) is 14.7. The number of furan rings is 1. The van der Waals surface area contributed by atoms with Crippen LogP contribution in [-0.2, 0) is 0 Å². The number of rotatable bonds is 5. The third-order valence-corrected chi connectivity index (χ3v) is 11.8. The molecule has 0 bridgehead atoms. The molecule has 3 aromatic heterocycles. The molecule has 0 saturated carbocycles. The molecule has 1 N–H and O–H groups in total. The Balaban J connectivity index is 0.990. The van der Waals surface area contributed by atoms with Crippen LogP contribution in [0.3, 0.4) is 0 Å². The summed E-state index contributed by atoms with van der Waals surface area (Å²) >= 11 is 0. The lowest BCUT2D eigenvalue weighted by Gasteiger charge is -2.12. The number of fused-ring (bicyclic) bond motifs is 10. The van der Waals surface area contributed by atoms with Crippen molar-refractivity contribution in [1.82, 2.24) is 9.13 Å². The van der Waals surface area contributed by atoms with Crippen LogP contribution in [-0.4, -0.2) is 14.2 Å². The molecule has 4 heteroatoms.